The molecule has 0 aromatic carbocycles. The van der Waals surface area contributed by atoms with Crippen molar-refractivity contribution in [2.75, 3.05) is 0 Å². The number of aliphatic carboxylic acids is 2. The SMILES string of the molecule is CCC(C)C(NC(=O)C(NC(=O)C(Cc1cnc[nH]1)NC(=O)C(N)CC(=O)O)C(C)CC)C(=O)O. The van der Waals surface area contributed by atoms with Gasteiger partial charge in [-0.2, -0.15) is 0 Å². The van der Waals surface area contributed by atoms with Crippen molar-refractivity contribution in [3.63, 3.8) is 0 Å². The quantitative estimate of drug-likeness (QED) is 0.164. The van der Waals surface area contributed by atoms with E-state index >= 15 is 0 Å². The van der Waals surface area contributed by atoms with E-state index in [1.807, 2.05) is 6.92 Å². The van der Waals surface area contributed by atoms with Gasteiger partial charge in [-0.25, -0.2) is 9.78 Å². The second-order valence-corrected chi connectivity index (χ2v) is 8.63. The largest absolute Gasteiger partial charge is 0.481 e. The second kappa shape index (κ2) is 14.0. The summed E-state index contributed by atoms with van der Waals surface area (Å²) in [7, 11) is 0. The number of nitrogens with two attached hydrogens (primary N) is 1. The molecule has 0 bridgehead atoms. The van der Waals surface area contributed by atoms with E-state index in [-0.39, 0.29) is 18.3 Å². The van der Waals surface area contributed by atoms with Gasteiger partial charge in [0.25, 0.3) is 0 Å². The van der Waals surface area contributed by atoms with Crippen molar-refractivity contribution in [3.05, 3.63) is 18.2 Å². The average Bonchev–Trinajstić information content (AvgIpc) is 3.31. The number of rotatable bonds is 15. The van der Waals surface area contributed by atoms with E-state index in [0.717, 1.165) is 0 Å². The van der Waals surface area contributed by atoms with E-state index in [0.29, 0.717) is 18.5 Å². The molecule has 0 saturated heterocycles. The molecule has 0 saturated carbocycles. The fourth-order valence-electron chi connectivity index (χ4n) is 3.27. The number of hydrogen-bond donors (Lipinski definition) is 7. The Labute approximate surface area is 203 Å². The first-order chi connectivity index (χ1) is 16.4. The molecule has 0 fully saturated rings. The van der Waals surface area contributed by atoms with Crippen LogP contribution in [0.2, 0.25) is 0 Å². The maximum Gasteiger partial charge on any atom is 0.326 e. The monoisotopic (exact) mass is 496 g/mol. The lowest BCUT2D eigenvalue weighted by atomic mass is 9.95. The fourth-order valence-corrected chi connectivity index (χ4v) is 3.27. The van der Waals surface area contributed by atoms with E-state index < -0.39 is 60.2 Å². The van der Waals surface area contributed by atoms with Gasteiger partial charge in [0.2, 0.25) is 17.7 Å². The number of carboxylic acids is 2. The maximum absolute atomic E-state index is 13.2. The van der Waals surface area contributed by atoms with Crippen molar-refractivity contribution in [2.45, 2.75) is 77.5 Å². The second-order valence-electron chi connectivity index (χ2n) is 8.63. The molecule has 8 N–H and O–H groups in total. The predicted octanol–water partition coefficient (Wildman–Crippen LogP) is -0.615. The summed E-state index contributed by atoms with van der Waals surface area (Å²) in [6.45, 7) is 7.05. The van der Waals surface area contributed by atoms with Gasteiger partial charge in [-0.05, 0) is 11.8 Å². The zero-order chi connectivity index (χ0) is 26.7. The maximum atomic E-state index is 13.2. The number of nitrogens with one attached hydrogen (secondary N) is 4. The molecule has 13 nitrogen and oxygen atoms in total. The van der Waals surface area contributed by atoms with Crippen LogP contribution in [-0.2, 0) is 30.4 Å². The first-order valence-corrected chi connectivity index (χ1v) is 11.5. The molecule has 1 aromatic rings. The molecule has 6 unspecified atom stereocenters. The number of aromatic amines is 1. The van der Waals surface area contributed by atoms with E-state index in [9.17, 15) is 29.1 Å². The van der Waals surface area contributed by atoms with Crippen molar-refractivity contribution in [1.82, 2.24) is 25.9 Å². The van der Waals surface area contributed by atoms with Crippen molar-refractivity contribution in [3.8, 4) is 0 Å². The van der Waals surface area contributed by atoms with Crippen LogP contribution in [0.3, 0.4) is 0 Å². The van der Waals surface area contributed by atoms with Crippen LogP contribution >= 0.6 is 0 Å². The topological polar surface area (TPSA) is 217 Å². The predicted molar refractivity (Wildman–Crippen MR) is 125 cm³/mol. The number of imidazole rings is 1. The minimum absolute atomic E-state index is 0.0309. The number of aromatic nitrogens is 2. The van der Waals surface area contributed by atoms with Gasteiger partial charge in [-0.3, -0.25) is 19.2 Å². The Hall–Kier alpha value is -3.48. The minimum atomic E-state index is -1.38. The van der Waals surface area contributed by atoms with Crippen molar-refractivity contribution < 1.29 is 34.2 Å². The minimum Gasteiger partial charge on any atom is -0.481 e. The van der Waals surface area contributed by atoms with Gasteiger partial charge in [0.05, 0.1) is 18.8 Å². The highest BCUT2D eigenvalue weighted by molar-refractivity contribution is 5.95. The highest BCUT2D eigenvalue weighted by atomic mass is 16.4. The molecule has 0 aliphatic rings. The Morgan fingerprint density at radius 2 is 1.51 bits per heavy atom. The summed E-state index contributed by atoms with van der Waals surface area (Å²) in [5.74, 6) is -5.38. The number of carbonyl (C=O) groups excluding carboxylic acids is 3. The van der Waals surface area contributed by atoms with Crippen LogP contribution in [0.4, 0.5) is 0 Å². The van der Waals surface area contributed by atoms with Crippen LogP contribution < -0.4 is 21.7 Å². The number of amides is 3. The molecule has 13 heteroatoms. The summed E-state index contributed by atoms with van der Waals surface area (Å²) in [6, 6.07) is -4.80. The molecular formula is C22H36N6O7. The lowest BCUT2D eigenvalue weighted by Crippen LogP contribution is -2.59. The number of carbonyl (C=O) groups is 5. The van der Waals surface area contributed by atoms with E-state index in [4.69, 9.17) is 10.8 Å². The number of H-pyrrole nitrogens is 1. The van der Waals surface area contributed by atoms with Crippen LogP contribution in [-0.4, -0.2) is 74.0 Å². The van der Waals surface area contributed by atoms with Crippen LogP contribution in [0.1, 0.15) is 52.7 Å². The van der Waals surface area contributed by atoms with E-state index in [1.165, 1.54) is 12.5 Å². The average molecular weight is 497 g/mol. The van der Waals surface area contributed by atoms with E-state index in [1.54, 1.807) is 20.8 Å². The fraction of sp³-hybridized carbons (Fsp3) is 0.636. The summed E-state index contributed by atoms with van der Waals surface area (Å²) < 4.78 is 0. The molecule has 35 heavy (non-hydrogen) atoms. The summed E-state index contributed by atoms with van der Waals surface area (Å²) >= 11 is 0. The van der Waals surface area contributed by atoms with Crippen LogP contribution in [0.15, 0.2) is 12.5 Å². The van der Waals surface area contributed by atoms with Gasteiger partial charge in [0.1, 0.15) is 18.1 Å². The van der Waals surface area contributed by atoms with Crippen molar-refractivity contribution in [1.29, 1.82) is 0 Å². The molecular weight excluding hydrogens is 460 g/mol. The molecule has 3 amide bonds. The van der Waals surface area contributed by atoms with Gasteiger partial charge in [0.15, 0.2) is 0 Å². The van der Waals surface area contributed by atoms with Crippen molar-refractivity contribution in [2.24, 2.45) is 17.6 Å². The normalized spacial score (nSPS) is 16.1. The molecule has 0 spiro atoms. The standard InChI is InChI=1S/C22H36N6O7/c1-5-11(3)17(21(33)28-18(22(34)35)12(4)6-2)27-20(32)15(7-13-9-24-10-25-13)26-19(31)14(23)8-16(29)30/h9-12,14-15,17-18H,5-8,23H2,1-4H3,(H,24,25)(H,26,31)(H,27,32)(H,28,33)(H,29,30)(H,34,35). The summed E-state index contributed by atoms with van der Waals surface area (Å²) in [5.41, 5.74) is 6.12. The smallest absolute Gasteiger partial charge is 0.326 e. The highest BCUT2D eigenvalue weighted by Crippen LogP contribution is 2.13. The number of carboxylic acid groups (broad SMARTS) is 2. The highest BCUT2D eigenvalue weighted by Gasteiger charge is 2.34. The first kappa shape index (κ1) is 29.6. The van der Waals surface area contributed by atoms with Crippen LogP contribution in [0, 0.1) is 11.8 Å². The molecule has 1 heterocycles. The zero-order valence-electron chi connectivity index (χ0n) is 20.4. The van der Waals surface area contributed by atoms with Gasteiger partial charge in [0, 0.05) is 18.3 Å². The molecule has 6 atom stereocenters. The Morgan fingerprint density at radius 1 is 0.943 bits per heavy atom. The number of nitrogens with zero attached hydrogens (tertiary/aromatic N) is 1. The third-order valence-electron chi connectivity index (χ3n) is 5.91. The molecule has 0 radical (unpaired) electrons. The van der Waals surface area contributed by atoms with Crippen molar-refractivity contribution >= 4 is 29.7 Å². The Kier molecular flexibility index (Phi) is 11.9. The Morgan fingerprint density at radius 3 is 2.00 bits per heavy atom. The molecule has 0 aliphatic carbocycles. The Balaban J connectivity index is 3.10. The lowest BCUT2D eigenvalue weighted by molar-refractivity contribution is -0.144. The molecule has 1 rings (SSSR count). The molecule has 196 valence electrons. The third-order valence-corrected chi connectivity index (χ3v) is 5.91. The number of hydrogen-bond acceptors (Lipinski definition) is 7. The summed E-state index contributed by atoms with van der Waals surface area (Å²) in [5, 5.41) is 26.0. The third kappa shape index (κ3) is 9.35. The van der Waals surface area contributed by atoms with Crippen LogP contribution in [0.5, 0.6) is 0 Å². The summed E-state index contributed by atoms with van der Waals surface area (Å²) in [4.78, 5) is 67.8. The van der Waals surface area contributed by atoms with Gasteiger partial charge in [-0.1, -0.05) is 40.5 Å². The summed E-state index contributed by atoms with van der Waals surface area (Å²) in [6.07, 6.45) is 3.20. The lowest BCUT2D eigenvalue weighted by Gasteiger charge is -2.29. The van der Waals surface area contributed by atoms with Gasteiger partial charge >= 0.3 is 11.9 Å². The van der Waals surface area contributed by atoms with Gasteiger partial charge in [-0.15, -0.1) is 0 Å². The van der Waals surface area contributed by atoms with Gasteiger partial charge < -0.3 is 36.9 Å². The zero-order valence-corrected chi connectivity index (χ0v) is 20.4. The molecule has 1 aromatic heterocycles. The van der Waals surface area contributed by atoms with Crippen LogP contribution in [0.25, 0.3) is 0 Å². The Bertz CT molecular complexity index is 876. The van der Waals surface area contributed by atoms with E-state index in [2.05, 4.69) is 25.9 Å². The molecule has 0 aliphatic heterocycles. The first-order valence-electron chi connectivity index (χ1n) is 11.5.